The third kappa shape index (κ3) is 7.45. The minimum atomic E-state index is -3.00. The number of hydrogen-bond acceptors (Lipinski definition) is 10. The molecule has 6 atom stereocenters. The molecule has 262 valence electrons. The molecule has 3 aliphatic rings. The van der Waals surface area contributed by atoms with E-state index in [9.17, 15) is 42.1 Å². The van der Waals surface area contributed by atoms with Crippen LogP contribution in [-0.2, 0) is 19.0 Å². The predicted molar refractivity (Wildman–Crippen MR) is 158 cm³/mol. The number of benzene rings is 1. The molecule has 2 saturated heterocycles. The molecule has 11 nitrogen and oxygen atoms in total. The average molecular weight is 695 g/mol. The number of amides is 1. The van der Waals surface area contributed by atoms with E-state index in [-0.39, 0.29) is 30.1 Å². The van der Waals surface area contributed by atoms with Crippen LogP contribution < -0.4 is 0 Å². The number of aliphatic hydroxyl groups excluding tert-OH is 2. The van der Waals surface area contributed by atoms with Gasteiger partial charge in [-0.2, -0.15) is 0 Å². The second-order valence-electron chi connectivity index (χ2n) is 12.2. The smallest absolute Gasteiger partial charge is 0.248 e. The van der Waals surface area contributed by atoms with Gasteiger partial charge in [-0.15, -0.1) is 16.9 Å². The topological polar surface area (TPSA) is 139 Å². The maximum Gasteiger partial charge on any atom is 0.248 e. The summed E-state index contributed by atoms with van der Waals surface area (Å²) in [5.74, 6) is -8.00. The summed E-state index contributed by atoms with van der Waals surface area (Å²) in [6.07, 6.45) is -3.44. The Balaban J connectivity index is 1.48. The van der Waals surface area contributed by atoms with E-state index in [0.29, 0.717) is 32.6 Å². The molecule has 1 unspecified atom stereocenters. The summed E-state index contributed by atoms with van der Waals surface area (Å²) in [7, 11) is 1.30. The van der Waals surface area contributed by atoms with E-state index in [4.69, 9.17) is 14.2 Å². The van der Waals surface area contributed by atoms with Crippen molar-refractivity contribution < 1.29 is 56.3 Å². The Bertz CT molecular complexity index is 1370. The number of hydrogen-bond donors (Lipinski definition) is 3. The van der Waals surface area contributed by atoms with Crippen LogP contribution in [0.15, 0.2) is 18.3 Å². The molecule has 3 fully saturated rings. The lowest BCUT2D eigenvalue weighted by atomic mass is 9.79. The van der Waals surface area contributed by atoms with Gasteiger partial charge in [0.15, 0.2) is 17.5 Å². The highest BCUT2D eigenvalue weighted by atomic mass is 32.2. The number of carbonyl (C=O) groups excluding carboxylic acids is 1. The third-order valence-corrected chi connectivity index (χ3v) is 10.8. The number of halogens is 5. The zero-order chi connectivity index (χ0) is 34.1. The van der Waals surface area contributed by atoms with E-state index in [2.05, 4.69) is 10.3 Å². The number of thioether (sulfide) groups is 1. The zero-order valence-corrected chi connectivity index (χ0v) is 26.7. The molecular weight excluding hydrogens is 655 g/mol. The molecule has 3 heterocycles. The van der Waals surface area contributed by atoms with Gasteiger partial charge < -0.3 is 34.4 Å². The monoisotopic (exact) mass is 694 g/mol. The van der Waals surface area contributed by atoms with Crippen LogP contribution >= 0.6 is 11.8 Å². The second-order valence-corrected chi connectivity index (χ2v) is 13.4. The van der Waals surface area contributed by atoms with Crippen molar-refractivity contribution >= 4 is 17.7 Å². The Hall–Kier alpha value is -2.41. The van der Waals surface area contributed by atoms with Gasteiger partial charge in [-0.3, -0.25) is 4.79 Å². The number of nitrogens with zero attached hydrogens (tertiary/aromatic N) is 4. The number of aliphatic hydroxyl groups is 3. The maximum atomic E-state index is 14.3. The van der Waals surface area contributed by atoms with Gasteiger partial charge in [0.2, 0.25) is 11.8 Å². The van der Waals surface area contributed by atoms with E-state index in [0.717, 1.165) is 28.6 Å². The fourth-order valence-corrected chi connectivity index (χ4v) is 8.23. The number of ether oxygens (including phenoxy) is 3. The van der Waals surface area contributed by atoms with Gasteiger partial charge in [0.25, 0.3) is 0 Å². The Labute approximate surface area is 272 Å². The highest BCUT2D eigenvalue weighted by Crippen LogP contribution is 2.47. The molecule has 47 heavy (non-hydrogen) atoms. The van der Waals surface area contributed by atoms with E-state index < -0.39 is 89.4 Å². The molecule has 2 aromatic rings. The summed E-state index contributed by atoms with van der Waals surface area (Å²) < 4.78 is 88.4. The SMILES string of the molecule is CCN(C(=O)C(S[C@@H]1O[C@H](CO)[C@H](O)[C@H](n2cc(-c3cc(F)c(F)c(F)c3)nn2)[C@H]1OC)C1(O)CCC(F)(F)CC1)C1CCOCC1. The Morgan fingerprint density at radius 3 is 2.38 bits per heavy atom. The summed E-state index contributed by atoms with van der Waals surface area (Å²) in [5.41, 5.74) is -3.21. The van der Waals surface area contributed by atoms with Crippen LogP contribution in [0.3, 0.4) is 0 Å². The molecule has 0 bridgehead atoms. The van der Waals surface area contributed by atoms with E-state index >= 15 is 0 Å². The minimum absolute atomic E-state index is 0.0679. The number of rotatable bonds is 10. The summed E-state index contributed by atoms with van der Waals surface area (Å²) >= 11 is 0.859. The number of carbonyl (C=O) groups is 1. The first-order valence-electron chi connectivity index (χ1n) is 15.5. The maximum absolute atomic E-state index is 14.3. The zero-order valence-electron chi connectivity index (χ0n) is 25.9. The third-order valence-electron chi connectivity index (χ3n) is 9.28. The predicted octanol–water partition coefficient (Wildman–Crippen LogP) is 3.07. The molecule has 0 spiro atoms. The van der Waals surface area contributed by atoms with E-state index in [1.54, 1.807) is 11.8 Å². The lowest BCUT2D eigenvalue weighted by Crippen LogP contribution is -2.60. The van der Waals surface area contributed by atoms with Crippen LogP contribution in [0, 0.1) is 17.5 Å². The first-order chi connectivity index (χ1) is 22.3. The highest BCUT2D eigenvalue weighted by Gasteiger charge is 2.55. The van der Waals surface area contributed by atoms with Gasteiger partial charge in [0.05, 0.1) is 18.4 Å². The molecule has 3 N–H and O–H groups in total. The lowest BCUT2D eigenvalue weighted by Gasteiger charge is -2.48. The van der Waals surface area contributed by atoms with Crippen molar-refractivity contribution in [2.45, 2.75) is 98.1 Å². The van der Waals surface area contributed by atoms with Crippen molar-refractivity contribution in [1.82, 2.24) is 19.9 Å². The van der Waals surface area contributed by atoms with Gasteiger partial charge in [-0.1, -0.05) is 5.21 Å². The quantitative estimate of drug-likeness (QED) is 0.251. The molecule has 0 radical (unpaired) electrons. The van der Waals surface area contributed by atoms with Crippen LogP contribution in [-0.4, -0.2) is 121 Å². The highest BCUT2D eigenvalue weighted by molar-refractivity contribution is 8.01. The Kier molecular flexibility index (Phi) is 11.1. The minimum Gasteiger partial charge on any atom is -0.394 e. The van der Waals surface area contributed by atoms with Crippen molar-refractivity contribution in [3.05, 3.63) is 35.8 Å². The lowest BCUT2D eigenvalue weighted by molar-refractivity contribution is -0.187. The van der Waals surface area contributed by atoms with Crippen LogP contribution in [0.5, 0.6) is 0 Å². The standard InChI is InChI=1S/C30H39F5N4O7S/c1-3-38(17-4-10-45-11-5-17)27(42)26(29(43)6-8-30(34,35)9-7-29)47-28-25(44-2)23(24(41)21(15-40)46-28)39-14-20(36-37-39)16-12-18(31)22(33)19(32)13-16/h12-14,17,21,23-26,28,40-41,43H,3-11,15H2,1-2H3/t21-,23+,24+,25-,26?,28+/m1/s1. The van der Waals surface area contributed by atoms with Gasteiger partial charge in [-0.05, 0) is 44.7 Å². The Morgan fingerprint density at radius 2 is 1.81 bits per heavy atom. The number of methoxy groups -OCH3 is 1. The van der Waals surface area contributed by atoms with Crippen LogP contribution in [0.25, 0.3) is 11.3 Å². The molecule has 5 rings (SSSR count). The fraction of sp³-hybridized carbons (Fsp3) is 0.700. The molecular formula is C30H39F5N4O7S. The fourth-order valence-electron chi connectivity index (χ4n) is 6.58. The van der Waals surface area contributed by atoms with E-state index in [1.807, 2.05) is 0 Å². The van der Waals surface area contributed by atoms with Crippen molar-refractivity contribution in [2.75, 3.05) is 33.5 Å². The van der Waals surface area contributed by atoms with Gasteiger partial charge >= 0.3 is 0 Å². The van der Waals surface area contributed by atoms with Gasteiger partial charge in [0.1, 0.15) is 40.7 Å². The van der Waals surface area contributed by atoms with E-state index in [1.165, 1.54) is 13.3 Å². The molecule has 1 aliphatic carbocycles. The molecule has 1 aromatic heterocycles. The first kappa shape index (κ1) is 35.9. The van der Waals surface area contributed by atoms with Crippen LogP contribution in [0.2, 0.25) is 0 Å². The van der Waals surface area contributed by atoms with Gasteiger partial charge in [0, 0.05) is 51.3 Å². The molecule has 1 saturated carbocycles. The van der Waals surface area contributed by atoms with Crippen LogP contribution in [0.1, 0.15) is 51.5 Å². The average Bonchev–Trinajstić information content (AvgIpc) is 3.54. The van der Waals surface area contributed by atoms with Crippen molar-refractivity contribution in [2.24, 2.45) is 0 Å². The number of alkyl halides is 2. The summed E-state index contributed by atoms with van der Waals surface area (Å²) in [5, 5.41) is 39.9. The molecule has 2 aliphatic heterocycles. The summed E-state index contributed by atoms with van der Waals surface area (Å²) in [6, 6.07) is 0.119. The molecule has 1 amide bonds. The van der Waals surface area contributed by atoms with Crippen molar-refractivity contribution in [1.29, 1.82) is 0 Å². The first-order valence-corrected chi connectivity index (χ1v) is 16.4. The van der Waals surface area contributed by atoms with Gasteiger partial charge in [-0.25, -0.2) is 26.6 Å². The summed E-state index contributed by atoms with van der Waals surface area (Å²) in [6.45, 7) is 2.28. The second kappa shape index (κ2) is 14.6. The summed E-state index contributed by atoms with van der Waals surface area (Å²) in [4.78, 5) is 15.9. The number of aromatic nitrogens is 3. The Morgan fingerprint density at radius 1 is 1.17 bits per heavy atom. The van der Waals surface area contributed by atoms with Crippen molar-refractivity contribution in [3.8, 4) is 11.3 Å². The largest absolute Gasteiger partial charge is 0.394 e. The van der Waals surface area contributed by atoms with Crippen LogP contribution in [0.4, 0.5) is 22.0 Å². The molecule has 17 heteroatoms. The normalized spacial score (nSPS) is 28.6. The molecule has 1 aromatic carbocycles. The van der Waals surface area contributed by atoms with Crippen molar-refractivity contribution in [3.63, 3.8) is 0 Å².